The van der Waals surface area contributed by atoms with Gasteiger partial charge in [-0.2, -0.15) is 5.10 Å². The van der Waals surface area contributed by atoms with Crippen LogP contribution < -0.4 is 4.74 Å². The Morgan fingerprint density at radius 3 is 2.50 bits per heavy atom. The number of methoxy groups -OCH3 is 1. The third kappa shape index (κ3) is 2.93. The Kier molecular flexibility index (Phi) is 4.45. The van der Waals surface area contributed by atoms with Gasteiger partial charge in [-0.05, 0) is 31.2 Å². The number of carbonyl (C=O) groups is 2. The van der Waals surface area contributed by atoms with Crippen molar-refractivity contribution in [2.45, 2.75) is 13.0 Å². The van der Waals surface area contributed by atoms with Crippen molar-refractivity contribution in [3.63, 3.8) is 0 Å². The van der Waals surface area contributed by atoms with Crippen LogP contribution in [0.3, 0.4) is 0 Å². The number of carboxylic acids is 1. The predicted octanol–water partition coefficient (Wildman–Crippen LogP) is 1.63. The maximum absolute atomic E-state index is 12.4. The van der Waals surface area contributed by atoms with Gasteiger partial charge in [0.25, 0.3) is 5.91 Å². The number of ether oxygens (including phenoxy) is 1. The average Bonchev–Trinajstić information content (AvgIpc) is 3.02. The molecule has 0 bridgehead atoms. The minimum Gasteiger partial charge on any atom is -0.497 e. The summed E-state index contributed by atoms with van der Waals surface area (Å²) < 4.78 is 5.09. The van der Waals surface area contributed by atoms with Crippen molar-refractivity contribution in [1.29, 1.82) is 0 Å². The molecule has 0 saturated heterocycles. The van der Waals surface area contributed by atoms with Crippen molar-refractivity contribution in [3.8, 4) is 17.0 Å². The van der Waals surface area contributed by atoms with Crippen LogP contribution in [-0.2, 0) is 4.79 Å². The molecule has 1 heterocycles. The molecule has 7 heteroatoms. The summed E-state index contributed by atoms with van der Waals surface area (Å²) in [4.78, 5) is 24.6. The van der Waals surface area contributed by atoms with Crippen LogP contribution in [0.15, 0.2) is 30.5 Å². The van der Waals surface area contributed by atoms with Gasteiger partial charge in [-0.15, -0.1) is 0 Å². The van der Waals surface area contributed by atoms with E-state index >= 15 is 0 Å². The molecule has 2 N–H and O–H groups in total. The average molecular weight is 303 g/mol. The molecule has 0 radical (unpaired) electrons. The Bertz CT molecular complexity index is 678. The zero-order valence-electron chi connectivity index (χ0n) is 12.5. The summed E-state index contributed by atoms with van der Waals surface area (Å²) in [6, 6.07) is 6.21. The lowest BCUT2D eigenvalue weighted by Crippen LogP contribution is -2.40. The molecule has 0 fully saturated rings. The number of benzene rings is 1. The zero-order chi connectivity index (χ0) is 16.3. The molecular weight excluding hydrogens is 286 g/mol. The fourth-order valence-corrected chi connectivity index (χ4v) is 1.96. The zero-order valence-corrected chi connectivity index (χ0v) is 12.5. The highest BCUT2D eigenvalue weighted by Crippen LogP contribution is 2.24. The summed E-state index contributed by atoms with van der Waals surface area (Å²) in [5.74, 6) is -0.771. The number of nitrogens with one attached hydrogen (secondary N) is 1. The van der Waals surface area contributed by atoms with E-state index < -0.39 is 17.9 Å². The van der Waals surface area contributed by atoms with Crippen LogP contribution in [0.5, 0.6) is 5.75 Å². The van der Waals surface area contributed by atoms with E-state index in [1.54, 1.807) is 31.4 Å². The molecule has 1 aromatic carbocycles. The highest BCUT2D eigenvalue weighted by molar-refractivity contribution is 6.01. The molecule has 22 heavy (non-hydrogen) atoms. The molecule has 116 valence electrons. The van der Waals surface area contributed by atoms with Crippen molar-refractivity contribution in [3.05, 3.63) is 36.0 Å². The van der Waals surface area contributed by atoms with E-state index in [-0.39, 0.29) is 0 Å². The summed E-state index contributed by atoms with van der Waals surface area (Å²) in [5, 5.41) is 15.7. The first kappa shape index (κ1) is 15.6. The molecule has 2 rings (SSSR count). The van der Waals surface area contributed by atoms with Crippen molar-refractivity contribution in [2.75, 3.05) is 14.2 Å². The van der Waals surface area contributed by atoms with E-state index in [1.165, 1.54) is 25.1 Å². The highest BCUT2D eigenvalue weighted by Gasteiger charge is 2.25. The number of aromatic nitrogens is 2. The van der Waals surface area contributed by atoms with Crippen LogP contribution >= 0.6 is 0 Å². The van der Waals surface area contributed by atoms with Crippen LogP contribution in [0.1, 0.15) is 17.3 Å². The molecular formula is C15H17N3O4. The van der Waals surface area contributed by atoms with Gasteiger partial charge in [0, 0.05) is 12.6 Å². The molecule has 0 aliphatic carbocycles. The largest absolute Gasteiger partial charge is 0.497 e. The topological polar surface area (TPSA) is 95.5 Å². The molecule has 2 aromatic rings. The molecule has 7 nitrogen and oxygen atoms in total. The third-order valence-electron chi connectivity index (χ3n) is 3.51. The molecule has 0 spiro atoms. The van der Waals surface area contributed by atoms with Gasteiger partial charge in [0.15, 0.2) is 0 Å². The summed E-state index contributed by atoms with van der Waals surface area (Å²) >= 11 is 0. The number of likely N-dealkylation sites (N-methyl/N-ethyl adjacent to an activating group) is 1. The lowest BCUT2D eigenvalue weighted by molar-refractivity contribution is -0.141. The number of rotatable bonds is 5. The van der Waals surface area contributed by atoms with E-state index in [2.05, 4.69) is 10.2 Å². The molecule has 1 atom stereocenters. The third-order valence-corrected chi connectivity index (χ3v) is 3.51. The number of carbonyl (C=O) groups excluding carboxylic acids is 1. The SMILES string of the molecule is COc1ccc(-c2[nH]ncc2C(=O)N(C)C(C)C(=O)O)cc1. The maximum atomic E-state index is 12.4. The van der Waals surface area contributed by atoms with E-state index in [1.807, 2.05) is 0 Å². The Morgan fingerprint density at radius 1 is 1.32 bits per heavy atom. The molecule has 1 aromatic heterocycles. The van der Waals surface area contributed by atoms with Crippen LogP contribution in [-0.4, -0.2) is 52.3 Å². The number of H-pyrrole nitrogens is 1. The fraction of sp³-hybridized carbons (Fsp3) is 0.267. The van der Waals surface area contributed by atoms with Crippen LogP contribution in [0.25, 0.3) is 11.3 Å². The van der Waals surface area contributed by atoms with Crippen LogP contribution in [0, 0.1) is 0 Å². The highest BCUT2D eigenvalue weighted by atomic mass is 16.5. The second-order valence-electron chi connectivity index (χ2n) is 4.82. The number of nitrogens with zero attached hydrogens (tertiary/aromatic N) is 2. The minimum absolute atomic E-state index is 0.320. The van der Waals surface area contributed by atoms with Gasteiger partial charge in [-0.1, -0.05) is 0 Å². The normalized spacial score (nSPS) is 11.8. The van der Waals surface area contributed by atoms with Gasteiger partial charge in [0.1, 0.15) is 11.8 Å². The molecule has 1 amide bonds. The Morgan fingerprint density at radius 2 is 1.95 bits per heavy atom. The number of hydrogen-bond acceptors (Lipinski definition) is 4. The van der Waals surface area contributed by atoms with Crippen LogP contribution in [0.4, 0.5) is 0 Å². The summed E-state index contributed by atoms with van der Waals surface area (Å²) in [7, 11) is 3.02. The number of aromatic amines is 1. The fourth-order valence-electron chi connectivity index (χ4n) is 1.96. The van der Waals surface area contributed by atoms with Crippen molar-refractivity contribution < 1.29 is 19.4 Å². The van der Waals surface area contributed by atoms with Crippen molar-refractivity contribution >= 4 is 11.9 Å². The smallest absolute Gasteiger partial charge is 0.326 e. The van der Waals surface area contributed by atoms with Gasteiger partial charge in [-0.25, -0.2) is 4.79 Å². The number of hydrogen-bond donors (Lipinski definition) is 2. The van der Waals surface area contributed by atoms with Gasteiger partial charge >= 0.3 is 5.97 Å². The quantitative estimate of drug-likeness (QED) is 0.875. The number of carboxylic acid groups (broad SMARTS) is 1. The second-order valence-corrected chi connectivity index (χ2v) is 4.82. The van der Waals surface area contributed by atoms with Gasteiger partial charge in [0.05, 0.1) is 24.6 Å². The summed E-state index contributed by atoms with van der Waals surface area (Å²) in [5.41, 5.74) is 1.62. The number of amides is 1. The van der Waals surface area contributed by atoms with E-state index in [0.29, 0.717) is 17.0 Å². The predicted molar refractivity (Wildman–Crippen MR) is 79.8 cm³/mol. The Balaban J connectivity index is 2.32. The first-order chi connectivity index (χ1) is 10.5. The van der Waals surface area contributed by atoms with Gasteiger partial charge in [0.2, 0.25) is 0 Å². The maximum Gasteiger partial charge on any atom is 0.326 e. The van der Waals surface area contributed by atoms with Gasteiger partial charge < -0.3 is 14.7 Å². The molecule has 1 unspecified atom stereocenters. The number of aliphatic carboxylic acids is 1. The lowest BCUT2D eigenvalue weighted by Gasteiger charge is -2.21. The summed E-state index contributed by atoms with van der Waals surface area (Å²) in [6.07, 6.45) is 1.40. The molecule has 0 saturated carbocycles. The van der Waals surface area contributed by atoms with E-state index in [9.17, 15) is 9.59 Å². The molecule has 0 aliphatic rings. The van der Waals surface area contributed by atoms with E-state index in [0.717, 1.165) is 5.56 Å². The molecule has 0 aliphatic heterocycles. The Hall–Kier alpha value is -2.83. The Labute approximate surface area is 127 Å². The van der Waals surface area contributed by atoms with Crippen molar-refractivity contribution in [1.82, 2.24) is 15.1 Å². The first-order valence-electron chi connectivity index (χ1n) is 6.63. The van der Waals surface area contributed by atoms with Gasteiger partial charge in [-0.3, -0.25) is 9.89 Å². The van der Waals surface area contributed by atoms with Crippen LogP contribution in [0.2, 0.25) is 0 Å². The summed E-state index contributed by atoms with van der Waals surface area (Å²) in [6.45, 7) is 1.45. The lowest BCUT2D eigenvalue weighted by atomic mass is 10.1. The monoisotopic (exact) mass is 303 g/mol. The standard InChI is InChI=1S/C15H17N3O4/c1-9(15(20)21)18(2)14(19)12-8-16-17-13(12)10-4-6-11(22-3)7-5-10/h4-9H,1-3H3,(H,16,17)(H,20,21). The first-order valence-corrected chi connectivity index (χ1v) is 6.63. The second kappa shape index (κ2) is 6.30. The minimum atomic E-state index is -1.06. The van der Waals surface area contributed by atoms with Crippen molar-refractivity contribution in [2.24, 2.45) is 0 Å². The van der Waals surface area contributed by atoms with E-state index in [4.69, 9.17) is 9.84 Å².